The Bertz CT molecular complexity index is 747. The van der Waals surface area contributed by atoms with Crippen molar-refractivity contribution in [1.29, 1.82) is 0 Å². The zero-order valence-corrected chi connectivity index (χ0v) is 15.3. The molecule has 0 saturated heterocycles. The van der Waals surface area contributed by atoms with E-state index in [1.807, 2.05) is 20.9 Å². The van der Waals surface area contributed by atoms with Gasteiger partial charge >= 0.3 is 0 Å². The third-order valence-corrected chi connectivity index (χ3v) is 4.25. The number of nitrogens with zero attached hydrogens (tertiary/aromatic N) is 1. The molecule has 0 unspecified atom stereocenters. The largest absolute Gasteiger partial charge is 0.487 e. The molecule has 0 spiro atoms. The van der Waals surface area contributed by atoms with Crippen molar-refractivity contribution in [1.82, 2.24) is 10.3 Å². The fraction of sp³-hybridized carbons (Fsp3) is 0.353. The van der Waals surface area contributed by atoms with Crippen molar-refractivity contribution in [2.24, 2.45) is 0 Å². The van der Waals surface area contributed by atoms with Gasteiger partial charge < -0.3 is 10.1 Å². The van der Waals surface area contributed by atoms with Gasteiger partial charge in [0.05, 0.1) is 4.90 Å². The zero-order valence-electron chi connectivity index (χ0n) is 14.4. The molecule has 1 aromatic carbocycles. The average molecular weight is 370 g/mol. The summed E-state index contributed by atoms with van der Waals surface area (Å²) in [4.78, 5) is 3.43. The number of nitrogens with one attached hydrogen (secondary N) is 1. The number of aryl methyl sites for hydroxylation is 1. The Labute approximate surface area is 147 Å². The molecule has 0 aliphatic heterocycles. The number of likely N-dealkylation sites (N-methyl/N-ethyl adjacent to an activating group) is 1. The van der Waals surface area contributed by atoms with Crippen LogP contribution < -0.4 is 10.1 Å². The molecule has 1 atom stereocenters. The molecular weight excluding hydrogens is 347 g/mol. The smallest absolute Gasteiger partial charge is 0.294 e. The van der Waals surface area contributed by atoms with Crippen LogP contribution in [-0.2, 0) is 10.1 Å². The van der Waals surface area contributed by atoms with Gasteiger partial charge in [-0.2, -0.15) is 12.8 Å². The van der Waals surface area contributed by atoms with Crippen LogP contribution in [0.2, 0.25) is 0 Å². The Morgan fingerprint density at radius 2 is 1.92 bits per heavy atom. The molecule has 0 bridgehead atoms. The summed E-state index contributed by atoms with van der Waals surface area (Å²) in [6.07, 6.45) is 2.34. The number of halogens is 1. The maximum Gasteiger partial charge on any atom is 0.294 e. The van der Waals surface area contributed by atoms with E-state index in [-0.39, 0.29) is 16.7 Å². The minimum atomic E-state index is -4.02. The lowest BCUT2D eigenvalue weighted by Gasteiger charge is -2.14. The Kier molecular flexibility index (Phi) is 8.47. The molecule has 2 N–H and O–H groups in total. The van der Waals surface area contributed by atoms with E-state index in [1.54, 1.807) is 24.3 Å². The van der Waals surface area contributed by atoms with Gasteiger partial charge in [0.25, 0.3) is 16.1 Å². The number of benzene rings is 1. The number of hydrogen-bond donors (Lipinski definition) is 2. The molecule has 0 aliphatic carbocycles. The summed E-state index contributed by atoms with van der Waals surface area (Å²) >= 11 is 0. The fourth-order valence-corrected chi connectivity index (χ4v) is 2.26. The third kappa shape index (κ3) is 7.59. The number of hydrogen-bond acceptors (Lipinski definition) is 5. The van der Waals surface area contributed by atoms with E-state index in [0.717, 1.165) is 12.0 Å². The summed E-state index contributed by atoms with van der Waals surface area (Å²) in [6, 6.07) is 9.46. The number of pyridine rings is 1. The lowest BCUT2D eigenvalue weighted by Crippen LogP contribution is -2.30. The van der Waals surface area contributed by atoms with Crippen molar-refractivity contribution in [3.05, 3.63) is 54.1 Å². The second-order valence-electron chi connectivity index (χ2n) is 5.29. The molecule has 25 heavy (non-hydrogen) atoms. The highest BCUT2D eigenvalue weighted by Crippen LogP contribution is 2.13. The summed E-state index contributed by atoms with van der Waals surface area (Å²) in [5.41, 5.74) is 0.956. The maximum atomic E-state index is 13.0. The first-order valence-corrected chi connectivity index (χ1v) is 9.16. The predicted molar refractivity (Wildman–Crippen MR) is 93.8 cm³/mol. The first kappa shape index (κ1) is 21.0. The highest BCUT2D eigenvalue weighted by atomic mass is 32.2. The molecule has 2 rings (SSSR count). The maximum absolute atomic E-state index is 13.0. The first-order chi connectivity index (χ1) is 11.8. The highest BCUT2D eigenvalue weighted by molar-refractivity contribution is 7.85. The van der Waals surface area contributed by atoms with Crippen molar-refractivity contribution >= 4 is 10.1 Å². The minimum Gasteiger partial charge on any atom is -0.487 e. The Balaban J connectivity index is 0.000000257. The SMILES string of the molecule is CC[C@@H](COc1cccnc1F)NC.Cc1ccc(S(=O)(=O)O)cc1. The van der Waals surface area contributed by atoms with Gasteiger partial charge in [0.15, 0.2) is 5.75 Å². The monoisotopic (exact) mass is 370 g/mol. The van der Waals surface area contributed by atoms with Crippen molar-refractivity contribution < 1.29 is 22.1 Å². The molecule has 138 valence electrons. The van der Waals surface area contributed by atoms with Gasteiger partial charge in [-0.1, -0.05) is 24.6 Å². The van der Waals surface area contributed by atoms with Crippen molar-refractivity contribution in [3.63, 3.8) is 0 Å². The first-order valence-electron chi connectivity index (χ1n) is 7.72. The van der Waals surface area contributed by atoms with Crippen LogP contribution in [0.1, 0.15) is 18.9 Å². The molecule has 6 nitrogen and oxygen atoms in total. The fourth-order valence-electron chi connectivity index (χ4n) is 1.78. The van der Waals surface area contributed by atoms with Gasteiger partial charge in [0.1, 0.15) is 6.61 Å². The van der Waals surface area contributed by atoms with Crippen LogP contribution in [0.25, 0.3) is 0 Å². The zero-order chi connectivity index (χ0) is 18.9. The van der Waals surface area contributed by atoms with E-state index in [0.29, 0.717) is 6.61 Å². The summed E-state index contributed by atoms with van der Waals surface area (Å²) in [7, 11) is -2.16. The molecule has 8 heteroatoms. The third-order valence-electron chi connectivity index (χ3n) is 3.38. The van der Waals surface area contributed by atoms with E-state index in [9.17, 15) is 12.8 Å². The highest BCUT2D eigenvalue weighted by Gasteiger charge is 2.07. The number of rotatable bonds is 6. The molecule has 0 amide bonds. The topological polar surface area (TPSA) is 88.5 Å². The Morgan fingerprint density at radius 1 is 1.28 bits per heavy atom. The van der Waals surface area contributed by atoms with Crippen molar-refractivity contribution in [2.45, 2.75) is 31.2 Å². The van der Waals surface area contributed by atoms with Crippen LogP contribution in [0, 0.1) is 12.9 Å². The van der Waals surface area contributed by atoms with Crippen molar-refractivity contribution in [3.8, 4) is 5.75 Å². The van der Waals surface area contributed by atoms with Gasteiger partial charge in [-0.05, 0) is 44.7 Å². The average Bonchev–Trinajstić information content (AvgIpc) is 2.57. The van der Waals surface area contributed by atoms with Crippen LogP contribution in [0.4, 0.5) is 4.39 Å². The summed E-state index contributed by atoms with van der Waals surface area (Å²) in [5, 5.41) is 3.07. The van der Waals surface area contributed by atoms with Crippen molar-refractivity contribution in [2.75, 3.05) is 13.7 Å². The van der Waals surface area contributed by atoms with Gasteiger partial charge in [-0.3, -0.25) is 4.55 Å². The van der Waals surface area contributed by atoms with E-state index in [1.165, 1.54) is 18.3 Å². The molecule has 0 aliphatic rings. The molecule has 0 radical (unpaired) electrons. The molecule has 1 aromatic heterocycles. The standard InChI is InChI=1S/C10H15FN2O.C7H8O3S/c1-3-8(12-2)7-14-9-5-4-6-13-10(9)11;1-6-2-4-7(5-3-6)11(8,9)10/h4-6,8,12H,3,7H2,1-2H3;2-5H,1H3,(H,8,9,10)/t8-;/m0./s1. The summed E-state index contributed by atoms with van der Waals surface area (Å²) < 4.78 is 47.8. The summed E-state index contributed by atoms with van der Waals surface area (Å²) in [5.74, 6) is -0.348. The summed E-state index contributed by atoms with van der Waals surface area (Å²) in [6.45, 7) is 4.34. The van der Waals surface area contributed by atoms with E-state index >= 15 is 0 Å². The molecule has 0 fully saturated rings. The number of aromatic nitrogens is 1. The van der Waals surface area contributed by atoms with Gasteiger partial charge in [0, 0.05) is 12.2 Å². The van der Waals surface area contributed by atoms with Gasteiger partial charge in [-0.25, -0.2) is 4.98 Å². The van der Waals surface area contributed by atoms with Crippen LogP contribution in [0.15, 0.2) is 47.5 Å². The van der Waals surface area contributed by atoms with E-state index in [2.05, 4.69) is 10.3 Å². The second kappa shape index (κ2) is 10.1. The van der Waals surface area contributed by atoms with E-state index < -0.39 is 16.1 Å². The van der Waals surface area contributed by atoms with E-state index in [4.69, 9.17) is 9.29 Å². The lowest BCUT2D eigenvalue weighted by molar-refractivity contribution is 0.253. The van der Waals surface area contributed by atoms with Crippen LogP contribution in [0.3, 0.4) is 0 Å². The predicted octanol–water partition coefficient (Wildman–Crippen LogP) is 2.84. The quantitative estimate of drug-likeness (QED) is 0.600. The lowest BCUT2D eigenvalue weighted by atomic mass is 10.2. The number of ether oxygens (including phenoxy) is 1. The normalized spacial score (nSPS) is 12.0. The molecule has 1 heterocycles. The Morgan fingerprint density at radius 3 is 2.40 bits per heavy atom. The second-order valence-corrected chi connectivity index (χ2v) is 6.71. The van der Waals surface area contributed by atoms with Crippen LogP contribution in [0.5, 0.6) is 5.75 Å². The van der Waals surface area contributed by atoms with Gasteiger partial charge in [-0.15, -0.1) is 0 Å². The minimum absolute atomic E-state index is 0.0666. The molecular formula is C17H23FN2O4S. The molecule has 2 aromatic rings. The van der Waals surface area contributed by atoms with Gasteiger partial charge in [0.2, 0.25) is 0 Å². The Hall–Kier alpha value is -2.03. The molecule has 0 saturated carbocycles. The van der Waals surface area contributed by atoms with Crippen LogP contribution in [-0.4, -0.2) is 37.7 Å². The van der Waals surface area contributed by atoms with Crippen LogP contribution >= 0.6 is 0 Å².